The average Bonchev–Trinajstić information content (AvgIpc) is 2.50. The highest BCUT2D eigenvalue weighted by molar-refractivity contribution is 5.40. The maximum absolute atomic E-state index is 10.1. The Balaban J connectivity index is 2.72. The van der Waals surface area contributed by atoms with Crippen molar-refractivity contribution in [3.05, 3.63) is 23.8 Å². The smallest absolute Gasteiger partial charge is 0.127 e. The van der Waals surface area contributed by atoms with Gasteiger partial charge in [0.25, 0.3) is 0 Å². The number of hydrogen-bond acceptors (Lipinski definition) is 5. The van der Waals surface area contributed by atoms with E-state index in [0.29, 0.717) is 19.6 Å². The molecule has 1 unspecified atom stereocenters. The second kappa shape index (κ2) is 8.87. The zero-order valence-electron chi connectivity index (χ0n) is 13.4. The fourth-order valence-electron chi connectivity index (χ4n) is 1.67. The van der Waals surface area contributed by atoms with Crippen LogP contribution in [0.15, 0.2) is 18.2 Å². The van der Waals surface area contributed by atoms with E-state index in [1.807, 2.05) is 25.1 Å². The molecule has 0 bridgehead atoms. The zero-order valence-corrected chi connectivity index (χ0v) is 13.4. The largest absolute Gasteiger partial charge is 0.497 e. The zero-order chi connectivity index (χ0) is 15.7. The van der Waals surface area contributed by atoms with Crippen molar-refractivity contribution in [1.82, 2.24) is 5.32 Å². The molecule has 0 saturated heterocycles. The first-order chi connectivity index (χ1) is 10.0. The Morgan fingerprint density at radius 3 is 2.67 bits per heavy atom. The summed E-state index contributed by atoms with van der Waals surface area (Å²) in [4.78, 5) is 0. The Morgan fingerprint density at radius 1 is 1.29 bits per heavy atom. The van der Waals surface area contributed by atoms with E-state index in [-0.39, 0.29) is 6.61 Å². The van der Waals surface area contributed by atoms with Gasteiger partial charge in [-0.2, -0.15) is 0 Å². The molecule has 2 N–H and O–H groups in total. The molecule has 0 fully saturated rings. The van der Waals surface area contributed by atoms with Crippen LogP contribution in [0.2, 0.25) is 0 Å². The second-order valence-corrected chi connectivity index (χ2v) is 5.28. The lowest BCUT2D eigenvalue weighted by Gasteiger charge is -2.23. The van der Waals surface area contributed by atoms with Crippen molar-refractivity contribution in [1.29, 1.82) is 0 Å². The number of benzene rings is 1. The highest BCUT2D eigenvalue weighted by Crippen LogP contribution is 2.26. The lowest BCUT2D eigenvalue weighted by molar-refractivity contribution is 0.00809. The molecule has 0 aromatic heterocycles. The summed E-state index contributed by atoms with van der Waals surface area (Å²) in [6.07, 6.45) is 0.637. The summed E-state index contributed by atoms with van der Waals surface area (Å²) in [6, 6.07) is 5.71. The number of methoxy groups -OCH3 is 2. The predicted octanol–water partition coefficient (Wildman–Crippen LogP) is 1.97. The van der Waals surface area contributed by atoms with E-state index in [1.54, 1.807) is 21.1 Å². The van der Waals surface area contributed by atoms with Gasteiger partial charge in [-0.3, -0.25) is 0 Å². The summed E-state index contributed by atoms with van der Waals surface area (Å²) in [7, 11) is 3.30. The maximum Gasteiger partial charge on any atom is 0.127 e. The Bertz CT molecular complexity index is 421. The average molecular weight is 297 g/mol. The van der Waals surface area contributed by atoms with Crippen molar-refractivity contribution in [3.8, 4) is 11.5 Å². The van der Waals surface area contributed by atoms with Crippen LogP contribution in [0.3, 0.4) is 0 Å². The van der Waals surface area contributed by atoms with Crippen molar-refractivity contribution in [3.63, 3.8) is 0 Å². The molecule has 5 heteroatoms. The number of nitrogens with one attached hydrogen (secondary N) is 1. The van der Waals surface area contributed by atoms with Crippen LogP contribution in [0.5, 0.6) is 11.5 Å². The summed E-state index contributed by atoms with van der Waals surface area (Å²) in [6.45, 7) is 6.07. The molecule has 5 nitrogen and oxygen atoms in total. The molecule has 0 aliphatic rings. The Hall–Kier alpha value is -1.30. The van der Waals surface area contributed by atoms with Crippen LogP contribution in [0.4, 0.5) is 0 Å². The van der Waals surface area contributed by atoms with Gasteiger partial charge in [-0.1, -0.05) is 13.0 Å². The van der Waals surface area contributed by atoms with E-state index in [0.717, 1.165) is 23.6 Å². The lowest BCUT2D eigenvalue weighted by Crippen LogP contribution is -2.31. The van der Waals surface area contributed by atoms with Crippen molar-refractivity contribution in [2.24, 2.45) is 0 Å². The monoisotopic (exact) mass is 297 g/mol. The number of aliphatic hydroxyl groups is 1. The molecule has 1 aromatic rings. The first-order valence-corrected chi connectivity index (χ1v) is 7.24. The highest BCUT2D eigenvalue weighted by atomic mass is 16.5. The summed E-state index contributed by atoms with van der Waals surface area (Å²) >= 11 is 0. The van der Waals surface area contributed by atoms with E-state index < -0.39 is 5.60 Å². The van der Waals surface area contributed by atoms with Crippen LogP contribution in [0.25, 0.3) is 0 Å². The standard InChI is InChI=1S/C16H27NO4/c1-5-16(2,18)12-21-15-10-14(20-4)7-6-13(15)11-17-8-9-19-3/h6-7,10,17-18H,5,8-9,11-12H2,1-4H3. The normalized spacial score (nSPS) is 13.8. The molecule has 1 rings (SSSR count). The first-order valence-electron chi connectivity index (χ1n) is 7.24. The second-order valence-electron chi connectivity index (χ2n) is 5.28. The molecule has 21 heavy (non-hydrogen) atoms. The summed E-state index contributed by atoms with van der Waals surface area (Å²) < 4.78 is 16.0. The molecule has 0 aliphatic heterocycles. The molecular formula is C16H27NO4. The van der Waals surface area contributed by atoms with E-state index in [2.05, 4.69) is 5.32 Å². The van der Waals surface area contributed by atoms with Crippen LogP contribution in [-0.4, -0.2) is 44.7 Å². The minimum atomic E-state index is -0.830. The third kappa shape index (κ3) is 6.33. The molecule has 0 spiro atoms. The lowest BCUT2D eigenvalue weighted by atomic mass is 10.1. The molecule has 0 amide bonds. The van der Waals surface area contributed by atoms with Gasteiger partial charge in [0.05, 0.1) is 19.3 Å². The van der Waals surface area contributed by atoms with Gasteiger partial charge in [-0.25, -0.2) is 0 Å². The minimum Gasteiger partial charge on any atom is -0.497 e. The Kier molecular flexibility index (Phi) is 7.50. The van der Waals surface area contributed by atoms with Crippen LogP contribution >= 0.6 is 0 Å². The summed E-state index contributed by atoms with van der Waals surface area (Å²) in [5, 5.41) is 13.3. The van der Waals surface area contributed by atoms with Gasteiger partial charge < -0.3 is 24.6 Å². The van der Waals surface area contributed by atoms with Crippen molar-refractivity contribution in [2.75, 3.05) is 34.0 Å². The van der Waals surface area contributed by atoms with E-state index in [9.17, 15) is 5.11 Å². The third-order valence-corrected chi connectivity index (χ3v) is 3.37. The van der Waals surface area contributed by atoms with Crippen molar-refractivity contribution in [2.45, 2.75) is 32.4 Å². The fraction of sp³-hybridized carbons (Fsp3) is 0.625. The predicted molar refractivity (Wildman–Crippen MR) is 83.0 cm³/mol. The van der Waals surface area contributed by atoms with Crippen LogP contribution < -0.4 is 14.8 Å². The molecule has 0 radical (unpaired) electrons. The third-order valence-electron chi connectivity index (χ3n) is 3.37. The number of rotatable bonds is 10. The van der Waals surface area contributed by atoms with Crippen molar-refractivity contribution >= 4 is 0 Å². The number of hydrogen-bond donors (Lipinski definition) is 2. The van der Waals surface area contributed by atoms with Gasteiger partial charge in [0, 0.05) is 31.8 Å². The molecule has 1 aromatic carbocycles. The first kappa shape index (κ1) is 17.8. The maximum atomic E-state index is 10.1. The van der Waals surface area contributed by atoms with E-state index in [1.165, 1.54) is 0 Å². The minimum absolute atomic E-state index is 0.252. The van der Waals surface area contributed by atoms with Gasteiger partial charge in [0.1, 0.15) is 18.1 Å². The highest BCUT2D eigenvalue weighted by Gasteiger charge is 2.19. The van der Waals surface area contributed by atoms with Crippen LogP contribution in [0.1, 0.15) is 25.8 Å². The fourth-order valence-corrected chi connectivity index (χ4v) is 1.67. The van der Waals surface area contributed by atoms with Crippen molar-refractivity contribution < 1.29 is 19.3 Å². The molecule has 0 aliphatic carbocycles. The molecule has 120 valence electrons. The topological polar surface area (TPSA) is 60.0 Å². The molecule has 1 atom stereocenters. The Labute approximate surface area is 127 Å². The quantitative estimate of drug-likeness (QED) is 0.647. The molecule has 0 heterocycles. The van der Waals surface area contributed by atoms with E-state index in [4.69, 9.17) is 14.2 Å². The summed E-state index contributed by atoms with van der Waals surface area (Å²) in [5.74, 6) is 1.47. The van der Waals surface area contributed by atoms with Gasteiger partial charge in [0.2, 0.25) is 0 Å². The van der Waals surface area contributed by atoms with E-state index >= 15 is 0 Å². The van der Waals surface area contributed by atoms with Crippen LogP contribution in [-0.2, 0) is 11.3 Å². The molecule has 0 saturated carbocycles. The number of ether oxygens (including phenoxy) is 3. The van der Waals surface area contributed by atoms with Crippen LogP contribution in [0, 0.1) is 0 Å². The van der Waals surface area contributed by atoms with Gasteiger partial charge >= 0.3 is 0 Å². The van der Waals surface area contributed by atoms with Gasteiger partial charge in [-0.05, 0) is 19.4 Å². The molecular weight excluding hydrogens is 270 g/mol. The van der Waals surface area contributed by atoms with Gasteiger partial charge in [-0.15, -0.1) is 0 Å². The summed E-state index contributed by atoms with van der Waals surface area (Å²) in [5.41, 5.74) is 0.197. The Morgan fingerprint density at radius 2 is 2.05 bits per heavy atom. The SMILES string of the molecule is CCC(C)(O)COc1cc(OC)ccc1CNCCOC. The van der Waals surface area contributed by atoms with Gasteiger partial charge in [0.15, 0.2) is 0 Å².